The van der Waals surface area contributed by atoms with Gasteiger partial charge in [-0.25, -0.2) is 4.79 Å². The normalized spacial score (nSPS) is 16.4. The highest BCUT2D eigenvalue weighted by atomic mass is 16.5. The predicted octanol–water partition coefficient (Wildman–Crippen LogP) is 2.79. The minimum Gasteiger partial charge on any atom is -0.453 e. The fourth-order valence-electron chi connectivity index (χ4n) is 2.63. The van der Waals surface area contributed by atoms with Crippen molar-refractivity contribution in [3.8, 4) is 0 Å². The van der Waals surface area contributed by atoms with Crippen molar-refractivity contribution in [1.29, 1.82) is 0 Å². The highest BCUT2D eigenvalue weighted by Crippen LogP contribution is 2.25. The second-order valence-corrected chi connectivity index (χ2v) is 5.68. The molecule has 1 aliphatic rings. The molecule has 1 amide bonds. The van der Waals surface area contributed by atoms with E-state index in [-0.39, 0.29) is 0 Å². The quantitative estimate of drug-likeness (QED) is 0.876. The van der Waals surface area contributed by atoms with E-state index in [1.54, 1.807) is 6.33 Å². The molecule has 6 heteroatoms. The van der Waals surface area contributed by atoms with Crippen molar-refractivity contribution in [3.05, 3.63) is 48.1 Å². The van der Waals surface area contributed by atoms with Gasteiger partial charge >= 0.3 is 6.09 Å². The van der Waals surface area contributed by atoms with Gasteiger partial charge in [0.2, 0.25) is 0 Å². The van der Waals surface area contributed by atoms with E-state index >= 15 is 0 Å². The number of alkyl carbamates (subject to hydrolysis) is 1. The summed E-state index contributed by atoms with van der Waals surface area (Å²) in [6, 6.07) is 0. The van der Waals surface area contributed by atoms with Gasteiger partial charge in [0.15, 0.2) is 0 Å². The summed E-state index contributed by atoms with van der Waals surface area (Å²) in [6.45, 7) is 4.78. The molecule has 0 bridgehead atoms. The highest BCUT2D eigenvalue weighted by Gasteiger charge is 2.30. The number of methoxy groups -OCH3 is 1. The fourth-order valence-corrected chi connectivity index (χ4v) is 2.63. The predicted molar refractivity (Wildman–Crippen MR) is 88.9 cm³/mol. The van der Waals surface area contributed by atoms with Gasteiger partial charge in [-0.05, 0) is 25.3 Å². The third-order valence-corrected chi connectivity index (χ3v) is 4.06. The Morgan fingerprint density at radius 3 is 3.04 bits per heavy atom. The van der Waals surface area contributed by atoms with Crippen LogP contribution >= 0.6 is 0 Å². The number of carbonyl (C=O) groups is 1. The van der Waals surface area contributed by atoms with Crippen molar-refractivity contribution >= 4 is 6.09 Å². The van der Waals surface area contributed by atoms with Gasteiger partial charge in [-0.15, -0.1) is 10.2 Å². The second kappa shape index (κ2) is 7.76. The van der Waals surface area contributed by atoms with Crippen molar-refractivity contribution in [2.24, 2.45) is 0 Å². The Kier molecular flexibility index (Phi) is 5.73. The van der Waals surface area contributed by atoms with E-state index < -0.39 is 11.6 Å². The van der Waals surface area contributed by atoms with Crippen LogP contribution in [0.15, 0.2) is 42.3 Å². The first kappa shape index (κ1) is 17.0. The molecule has 0 saturated carbocycles. The summed E-state index contributed by atoms with van der Waals surface area (Å²) in [4.78, 5) is 11.8. The molecule has 1 aliphatic carbocycles. The van der Waals surface area contributed by atoms with Crippen LogP contribution in [0.2, 0.25) is 0 Å². The summed E-state index contributed by atoms with van der Waals surface area (Å²) in [7, 11) is 1.38. The summed E-state index contributed by atoms with van der Waals surface area (Å²) in [5.74, 6) is 0.942. The van der Waals surface area contributed by atoms with Crippen molar-refractivity contribution in [2.75, 3.05) is 7.11 Å². The van der Waals surface area contributed by atoms with Crippen LogP contribution in [0, 0.1) is 0 Å². The average Bonchev–Trinajstić information content (AvgIpc) is 2.83. The first-order valence-electron chi connectivity index (χ1n) is 7.85. The third-order valence-electron chi connectivity index (χ3n) is 4.06. The maximum Gasteiger partial charge on any atom is 0.407 e. The van der Waals surface area contributed by atoms with E-state index in [0.717, 1.165) is 30.8 Å². The SMILES string of the molecule is CCc1nncn1CCC(C)(NC(=O)OC)C1=CCC=CC=C1. The topological polar surface area (TPSA) is 69.0 Å². The Balaban J connectivity index is 2.19. The number of carbonyl (C=O) groups excluding carboxylic acids is 1. The lowest BCUT2D eigenvalue weighted by atomic mass is 9.87. The molecule has 6 nitrogen and oxygen atoms in total. The van der Waals surface area contributed by atoms with Crippen molar-refractivity contribution in [3.63, 3.8) is 0 Å². The summed E-state index contributed by atoms with van der Waals surface area (Å²) >= 11 is 0. The number of hydrogen-bond acceptors (Lipinski definition) is 4. The van der Waals surface area contributed by atoms with Crippen LogP contribution in [0.4, 0.5) is 4.79 Å². The van der Waals surface area contributed by atoms with Crippen molar-refractivity contribution < 1.29 is 9.53 Å². The molecule has 1 aromatic heterocycles. The third kappa shape index (κ3) is 4.31. The molecule has 0 aliphatic heterocycles. The zero-order valence-corrected chi connectivity index (χ0v) is 14.0. The van der Waals surface area contributed by atoms with Crippen LogP contribution in [0.5, 0.6) is 0 Å². The second-order valence-electron chi connectivity index (χ2n) is 5.68. The number of amides is 1. The number of aryl methyl sites for hydroxylation is 2. The monoisotopic (exact) mass is 316 g/mol. The Hall–Kier alpha value is -2.37. The van der Waals surface area contributed by atoms with E-state index in [1.807, 2.05) is 29.7 Å². The van der Waals surface area contributed by atoms with Crippen LogP contribution in [0.25, 0.3) is 0 Å². The van der Waals surface area contributed by atoms with Crippen LogP contribution in [-0.4, -0.2) is 33.5 Å². The van der Waals surface area contributed by atoms with Gasteiger partial charge in [0, 0.05) is 13.0 Å². The number of aromatic nitrogens is 3. The molecule has 23 heavy (non-hydrogen) atoms. The zero-order chi connectivity index (χ0) is 16.7. The largest absolute Gasteiger partial charge is 0.453 e. The zero-order valence-electron chi connectivity index (χ0n) is 14.0. The minimum absolute atomic E-state index is 0.432. The van der Waals surface area contributed by atoms with E-state index in [9.17, 15) is 4.79 Å². The molecule has 0 aromatic carbocycles. The molecule has 1 N–H and O–H groups in total. The Morgan fingerprint density at radius 2 is 2.30 bits per heavy atom. The van der Waals surface area contributed by atoms with Gasteiger partial charge in [0.05, 0.1) is 12.6 Å². The maximum atomic E-state index is 11.8. The van der Waals surface area contributed by atoms with Gasteiger partial charge in [0.25, 0.3) is 0 Å². The Labute approximate surface area is 136 Å². The fraction of sp³-hybridized carbons (Fsp3) is 0.471. The molecule has 1 unspecified atom stereocenters. The molecular weight excluding hydrogens is 292 g/mol. The van der Waals surface area contributed by atoms with E-state index in [2.05, 4.69) is 34.6 Å². The molecule has 0 radical (unpaired) electrons. The summed E-state index contributed by atoms with van der Waals surface area (Å²) in [5, 5.41) is 11.0. The molecule has 2 rings (SSSR count). The van der Waals surface area contributed by atoms with Gasteiger partial charge < -0.3 is 14.6 Å². The van der Waals surface area contributed by atoms with Gasteiger partial charge in [-0.2, -0.15) is 0 Å². The molecule has 1 aromatic rings. The lowest BCUT2D eigenvalue weighted by molar-refractivity contribution is 0.159. The smallest absolute Gasteiger partial charge is 0.407 e. The van der Waals surface area contributed by atoms with Crippen LogP contribution in [-0.2, 0) is 17.7 Å². The van der Waals surface area contributed by atoms with Crippen molar-refractivity contribution in [2.45, 2.75) is 45.2 Å². The number of nitrogens with one attached hydrogen (secondary N) is 1. The lowest BCUT2D eigenvalue weighted by Gasteiger charge is -2.32. The molecule has 124 valence electrons. The molecular formula is C17H24N4O2. The highest BCUT2D eigenvalue weighted by molar-refractivity contribution is 5.69. The molecule has 0 saturated heterocycles. The van der Waals surface area contributed by atoms with Gasteiger partial charge in [-0.3, -0.25) is 0 Å². The number of rotatable bonds is 6. The molecule has 1 atom stereocenters. The van der Waals surface area contributed by atoms with Crippen LogP contribution in [0.3, 0.4) is 0 Å². The standard InChI is InChI=1S/C17H24N4O2/c1-4-15-20-18-13-21(15)12-11-17(2,19-16(22)23-3)14-9-7-5-6-8-10-14/h5-7,9-10,13H,4,8,11-12H2,1-3H3,(H,19,22). The Bertz CT molecular complexity index is 630. The van der Waals surface area contributed by atoms with Crippen LogP contribution < -0.4 is 5.32 Å². The summed E-state index contributed by atoms with van der Waals surface area (Å²) < 4.78 is 6.83. The van der Waals surface area contributed by atoms with Gasteiger partial charge in [0.1, 0.15) is 12.2 Å². The number of nitrogens with zero attached hydrogens (tertiary/aromatic N) is 3. The van der Waals surface area contributed by atoms with Crippen molar-refractivity contribution in [1.82, 2.24) is 20.1 Å². The maximum absolute atomic E-state index is 11.8. The van der Waals surface area contributed by atoms with Crippen LogP contribution in [0.1, 0.15) is 32.5 Å². The molecule has 1 heterocycles. The Morgan fingerprint density at radius 1 is 1.48 bits per heavy atom. The molecule has 0 fully saturated rings. The minimum atomic E-state index is -0.523. The number of allylic oxidation sites excluding steroid dienone is 4. The van der Waals surface area contributed by atoms with Gasteiger partial charge in [-0.1, -0.05) is 37.3 Å². The number of ether oxygens (including phenoxy) is 1. The first-order chi connectivity index (χ1) is 11.1. The summed E-state index contributed by atoms with van der Waals surface area (Å²) in [5.41, 5.74) is 0.546. The van der Waals surface area contributed by atoms with E-state index in [1.165, 1.54) is 7.11 Å². The first-order valence-corrected chi connectivity index (χ1v) is 7.85. The number of hydrogen-bond donors (Lipinski definition) is 1. The summed E-state index contributed by atoms with van der Waals surface area (Å²) in [6.07, 6.45) is 13.9. The lowest BCUT2D eigenvalue weighted by Crippen LogP contribution is -2.48. The van der Waals surface area contributed by atoms with E-state index in [4.69, 9.17) is 4.74 Å². The average molecular weight is 316 g/mol. The molecule has 0 spiro atoms. The van der Waals surface area contributed by atoms with E-state index in [0.29, 0.717) is 6.42 Å².